The van der Waals surface area contributed by atoms with Crippen LogP contribution in [0.2, 0.25) is 0 Å². The van der Waals surface area contributed by atoms with Crippen LogP contribution in [-0.2, 0) is 6.42 Å². The molecule has 1 aliphatic heterocycles. The quantitative estimate of drug-likeness (QED) is 0.915. The molecule has 0 spiro atoms. The van der Waals surface area contributed by atoms with E-state index in [1.165, 1.54) is 11.1 Å². The van der Waals surface area contributed by atoms with Crippen LogP contribution in [-0.4, -0.2) is 31.1 Å². The Morgan fingerprint density at radius 3 is 2.40 bits per heavy atom. The SMILES string of the molecule is c1ccc(CCN2CCNCC2c2ccccc2)cc1. The van der Waals surface area contributed by atoms with Crippen molar-refractivity contribution in [2.75, 3.05) is 26.2 Å². The molecule has 3 rings (SSSR count). The fraction of sp³-hybridized carbons (Fsp3) is 0.333. The summed E-state index contributed by atoms with van der Waals surface area (Å²) in [6.45, 7) is 4.41. The Bertz CT molecular complexity index is 509. The molecular weight excluding hydrogens is 244 g/mol. The van der Waals surface area contributed by atoms with Crippen LogP contribution in [0.25, 0.3) is 0 Å². The summed E-state index contributed by atoms with van der Waals surface area (Å²) in [5.74, 6) is 0. The smallest absolute Gasteiger partial charge is 0.0473 e. The molecule has 0 saturated carbocycles. The Kier molecular flexibility index (Phi) is 4.46. The van der Waals surface area contributed by atoms with Crippen molar-refractivity contribution in [2.45, 2.75) is 12.5 Å². The fourth-order valence-electron chi connectivity index (χ4n) is 2.94. The van der Waals surface area contributed by atoms with Gasteiger partial charge in [-0.1, -0.05) is 60.7 Å². The van der Waals surface area contributed by atoms with Crippen molar-refractivity contribution in [3.05, 3.63) is 71.8 Å². The predicted molar refractivity (Wildman–Crippen MR) is 83.8 cm³/mol. The van der Waals surface area contributed by atoms with Gasteiger partial charge in [-0.2, -0.15) is 0 Å². The van der Waals surface area contributed by atoms with Gasteiger partial charge in [-0.05, 0) is 17.5 Å². The maximum atomic E-state index is 3.52. The normalized spacial score (nSPS) is 19.9. The third-order valence-electron chi connectivity index (χ3n) is 4.07. The third-order valence-corrected chi connectivity index (χ3v) is 4.07. The first kappa shape index (κ1) is 13.3. The number of benzene rings is 2. The van der Waals surface area contributed by atoms with Gasteiger partial charge in [0.05, 0.1) is 0 Å². The molecule has 2 nitrogen and oxygen atoms in total. The molecule has 1 aliphatic rings. The van der Waals surface area contributed by atoms with Gasteiger partial charge in [-0.15, -0.1) is 0 Å². The second kappa shape index (κ2) is 6.69. The highest BCUT2D eigenvalue weighted by atomic mass is 15.2. The predicted octanol–water partition coefficient (Wildman–Crippen LogP) is 2.88. The molecule has 20 heavy (non-hydrogen) atoms. The molecule has 104 valence electrons. The zero-order valence-corrected chi connectivity index (χ0v) is 11.8. The Balaban J connectivity index is 1.67. The van der Waals surface area contributed by atoms with Crippen molar-refractivity contribution in [3.8, 4) is 0 Å². The van der Waals surface area contributed by atoms with Gasteiger partial charge >= 0.3 is 0 Å². The molecule has 1 saturated heterocycles. The van der Waals surface area contributed by atoms with E-state index in [1.807, 2.05) is 0 Å². The minimum absolute atomic E-state index is 0.508. The fourth-order valence-corrected chi connectivity index (χ4v) is 2.94. The Labute approximate surface area is 121 Å². The number of nitrogens with zero attached hydrogens (tertiary/aromatic N) is 1. The molecule has 0 aromatic heterocycles. The van der Waals surface area contributed by atoms with Crippen molar-refractivity contribution in [1.82, 2.24) is 10.2 Å². The van der Waals surface area contributed by atoms with E-state index in [4.69, 9.17) is 0 Å². The van der Waals surface area contributed by atoms with Crippen molar-refractivity contribution < 1.29 is 0 Å². The molecule has 1 atom stereocenters. The zero-order chi connectivity index (χ0) is 13.6. The summed E-state index contributed by atoms with van der Waals surface area (Å²) < 4.78 is 0. The van der Waals surface area contributed by atoms with Crippen molar-refractivity contribution in [1.29, 1.82) is 0 Å². The molecule has 1 heterocycles. The molecule has 2 aromatic carbocycles. The van der Waals surface area contributed by atoms with Gasteiger partial charge in [0.1, 0.15) is 0 Å². The standard InChI is InChI=1S/C18H22N2/c1-3-7-16(8-4-1)11-13-20-14-12-19-15-18(20)17-9-5-2-6-10-17/h1-10,18-19H,11-15H2. The lowest BCUT2D eigenvalue weighted by atomic mass is 10.0. The first-order valence-corrected chi connectivity index (χ1v) is 7.47. The van der Waals surface area contributed by atoms with E-state index in [0.717, 1.165) is 32.6 Å². The number of hydrogen-bond acceptors (Lipinski definition) is 2. The summed E-state index contributed by atoms with van der Waals surface area (Å²) in [6.07, 6.45) is 1.13. The van der Waals surface area contributed by atoms with Crippen LogP contribution in [0.1, 0.15) is 17.2 Å². The van der Waals surface area contributed by atoms with Crippen molar-refractivity contribution in [3.63, 3.8) is 0 Å². The molecule has 0 aliphatic carbocycles. The van der Waals surface area contributed by atoms with Gasteiger partial charge in [-0.25, -0.2) is 0 Å². The van der Waals surface area contributed by atoms with E-state index >= 15 is 0 Å². The summed E-state index contributed by atoms with van der Waals surface area (Å²) in [7, 11) is 0. The molecule has 2 aromatic rings. The lowest BCUT2D eigenvalue weighted by Crippen LogP contribution is -2.46. The van der Waals surface area contributed by atoms with Gasteiger partial charge in [0, 0.05) is 32.2 Å². The zero-order valence-electron chi connectivity index (χ0n) is 11.8. The second-order valence-corrected chi connectivity index (χ2v) is 5.40. The summed E-state index contributed by atoms with van der Waals surface area (Å²) in [5, 5.41) is 3.52. The highest BCUT2D eigenvalue weighted by Gasteiger charge is 2.22. The summed E-state index contributed by atoms with van der Waals surface area (Å²) >= 11 is 0. The maximum absolute atomic E-state index is 3.52. The number of hydrogen-bond donors (Lipinski definition) is 1. The molecule has 1 unspecified atom stereocenters. The average Bonchev–Trinajstić information content (AvgIpc) is 2.55. The monoisotopic (exact) mass is 266 g/mol. The molecule has 1 N–H and O–H groups in total. The van der Waals surface area contributed by atoms with Gasteiger partial charge in [-0.3, -0.25) is 4.90 Å². The van der Waals surface area contributed by atoms with E-state index in [9.17, 15) is 0 Å². The largest absolute Gasteiger partial charge is 0.314 e. The minimum atomic E-state index is 0.508. The number of nitrogens with one attached hydrogen (secondary N) is 1. The van der Waals surface area contributed by atoms with Crippen molar-refractivity contribution >= 4 is 0 Å². The van der Waals surface area contributed by atoms with Crippen LogP contribution < -0.4 is 5.32 Å². The van der Waals surface area contributed by atoms with Crippen LogP contribution in [0.3, 0.4) is 0 Å². The Morgan fingerprint density at radius 1 is 0.950 bits per heavy atom. The van der Waals surface area contributed by atoms with E-state index in [0.29, 0.717) is 6.04 Å². The van der Waals surface area contributed by atoms with Crippen LogP contribution in [0.4, 0.5) is 0 Å². The number of rotatable bonds is 4. The van der Waals surface area contributed by atoms with E-state index in [1.54, 1.807) is 0 Å². The van der Waals surface area contributed by atoms with Crippen LogP contribution in [0.5, 0.6) is 0 Å². The summed E-state index contributed by atoms with van der Waals surface area (Å²) in [4.78, 5) is 2.61. The van der Waals surface area contributed by atoms with Crippen LogP contribution in [0, 0.1) is 0 Å². The average molecular weight is 266 g/mol. The van der Waals surface area contributed by atoms with E-state index < -0.39 is 0 Å². The molecular formula is C18H22N2. The van der Waals surface area contributed by atoms with Crippen molar-refractivity contribution in [2.24, 2.45) is 0 Å². The van der Waals surface area contributed by atoms with Gasteiger partial charge in [0.2, 0.25) is 0 Å². The summed E-state index contributed by atoms with van der Waals surface area (Å²) in [6, 6.07) is 22.1. The minimum Gasteiger partial charge on any atom is -0.314 e. The van der Waals surface area contributed by atoms with Gasteiger partial charge < -0.3 is 5.32 Å². The highest BCUT2D eigenvalue weighted by Crippen LogP contribution is 2.22. The highest BCUT2D eigenvalue weighted by molar-refractivity contribution is 5.20. The molecule has 1 fully saturated rings. The van der Waals surface area contributed by atoms with Crippen LogP contribution in [0.15, 0.2) is 60.7 Å². The molecule has 0 radical (unpaired) electrons. The first-order chi connectivity index (χ1) is 9.93. The number of piperazine rings is 1. The Hall–Kier alpha value is -1.64. The van der Waals surface area contributed by atoms with Crippen LogP contribution >= 0.6 is 0 Å². The second-order valence-electron chi connectivity index (χ2n) is 5.40. The van der Waals surface area contributed by atoms with E-state index in [-0.39, 0.29) is 0 Å². The molecule has 2 heteroatoms. The van der Waals surface area contributed by atoms with Gasteiger partial charge in [0.25, 0.3) is 0 Å². The topological polar surface area (TPSA) is 15.3 Å². The lowest BCUT2D eigenvalue weighted by Gasteiger charge is -2.36. The molecule has 0 amide bonds. The Morgan fingerprint density at radius 2 is 1.65 bits per heavy atom. The lowest BCUT2D eigenvalue weighted by molar-refractivity contribution is 0.164. The van der Waals surface area contributed by atoms with E-state index in [2.05, 4.69) is 70.9 Å². The third kappa shape index (κ3) is 3.27. The summed E-state index contributed by atoms with van der Waals surface area (Å²) in [5.41, 5.74) is 2.85. The first-order valence-electron chi connectivity index (χ1n) is 7.47. The van der Waals surface area contributed by atoms with Gasteiger partial charge in [0.15, 0.2) is 0 Å². The maximum Gasteiger partial charge on any atom is 0.0473 e. The molecule has 0 bridgehead atoms.